The third-order valence-electron chi connectivity index (χ3n) is 10.0. The molecular weight excluding hydrogens is 534 g/mol. The molecule has 8 nitrogen and oxygen atoms in total. The maximum absolute atomic E-state index is 13.5. The van der Waals surface area contributed by atoms with E-state index in [-0.39, 0.29) is 11.9 Å². The van der Waals surface area contributed by atoms with Crippen molar-refractivity contribution in [3.8, 4) is 0 Å². The number of aryl methyl sites for hydroxylation is 1. The quantitative estimate of drug-likeness (QED) is 0.451. The Balaban J connectivity index is 1.11. The van der Waals surface area contributed by atoms with E-state index < -0.39 is 10.0 Å². The lowest BCUT2D eigenvalue weighted by atomic mass is 9.76. The predicted octanol–water partition coefficient (Wildman–Crippen LogP) is 4.65. The zero-order valence-electron chi connectivity index (χ0n) is 25.0. The first kappa shape index (κ1) is 30.1. The standard InChI is InChI=1S/C32H47N5O3S/c1-24-30(13-12-25-8-7-11-27(22-25)26-9-5-4-6-10-26)33-23-34-31(24)32(38)37-20-16-29(17-21-37)36-18-14-28(15-19-36)35(2)41(3,39)40/h4-6,9-10,23,25,27-29H,7-8,11-22H2,1-3H3/t25-,27+/m1/s1. The topological polar surface area (TPSA) is 86.7 Å². The van der Waals surface area contributed by atoms with Crippen LogP contribution in [0.15, 0.2) is 36.7 Å². The molecule has 0 radical (unpaired) electrons. The highest BCUT2D eigenvalue weighted by Gasteiger charge is 2.33. The summed E-state index contributed by atoms with van der Waals surface area (Å²) < 4.78 is 25.4. The maximum atomic E-state index is 13.5. The molecule has 1 aromatic heterocycles. The third-order valence-corrected chi connectivity index (χ3v) is 11.4. The van der Waals surface area contributed by atoms with E-state index in [2.05, 4.69) is 45.2 Å². The minimum absolute atomic E-state index is 0.0277. The van der Waals surface area contributed by atoms with E-state index in [9.17, 15) is 13.2 Å². The van der Waals surface area contributed by atoms with Crippen molar-refractivity contribution in [1.82, 2.24) is 24.1 Å². The Morgan fingerprint density at radius 2 is 1.68 bits per heavy atom. The summed E-state index contributed by atoms with van der Waals surface area (Å²) in [5, 5.41) is 0. The van der Waals surface area contributed by atoms with Gasteiger partial charge in [0.25, 0.3) is 5.91 Å². The molecular formula is C32H47N5O3S. The highest BCUT2D eigenvalue weighted by Crippen LogP contribution is 2.38. The molecule has 1 aromatic carbocycles. The molecule has 41 heavy (non-hydrogen) atoms. The largest absolute Gasteiger partial charge is 0.337 e. The smallest absolute Gasteiger partial charge is 0.272 e. The van der Waals surface area contributed by atoms with Crippen molar-refractivity contribution in [3.05, 3.63) is 59.2 Å². The van der Waals surface area contributed by atoms with Crippen LogP contribution in [0, 0.1) is 12.8 Å². The van der Waals surface area contributed by atoms with Gasteiger partial charge >= 0.3 is 0 Å². The fourth-order valence-corrected chi connectivity index (χ4v) is 8.10. The molecule has 0 spiro atoms. The van der Waals surface area contributed by atoms with Crippen molar-refractivity contribution >= 4 is 15.9 Å². The molecule has 0 bridgehead atoms. The Morgan fingerprint density at radius 3 is 2.37 bits per heavy atom. The van der Waals surface area contributed by atoms with Crippen LogP contribution in [-0.4, -0.2) is 90.0 Å². The van der Waals surface area contributed by atoms with Crippen LogP contribution < -0.4 is 0 Å². The molecule has 9 heteroatoms. The Hall–Kier alpha value is -2.36. The second-order valence-corrected chi connectivity index (χ2v) is 14.6. The van der Waals surface area contributed by atoms with E-state index in [1.807, 2.05) is 11.8 Å². The lowest BCUT2D eigenvalue weighted by Crippen LogP contribution is -2.52. The molecule has 224 valence electrons. The van der Waals surface area contributed by atoms with Gasteiger partial charge < -0.3 is 9.80 Å². The lowest BCUT2D eigenvalue weighted by Gasteiger charge is -2.43. The normalized spacial score (nSPS) is 23.7. The van der Waals surface area contributed by atoms with Gasteiger partial charge in [-0.2, -0.15) is 0 Å². The molecule has 3 aliphatic rings. The van der Waals surface area contributed by atoms with Gasteiger partial charge in [-0.15, -0.1) is 0 Å². The summed E-state index contributed by atoms with van der Waals surface area (Å²) in [6.45, 7) is 5.29. The van der Waals surface area contributed by atoms with Gasteiger partial charge in [-0.3, -0.25) is 4.79 Å². The van der Waals surface area contributed by atoms with Crippen LogP contribution in [0.3, 0.4) is 0 Å². The molecule has 1 saturated carbocycles. The fourth-order valence-electron chi connectivity index (χ4n) is 7.35. The summed E-state index contributed by atoms with van der Waals surface area (Å²) in [6, 6.07) is 11.5. The molecule has 1 aliphatic carbocycles. The van der Waals surface area contributed by atoms with Crippen molar-refractivity contribution in [2.45, 2.75) is 89.1 Å². The van der Waals surface area contributed by atoms with Gasteiger partial charge in [-0.05, 0) is 88.8 Å². The van der Waals surface area contributed by atoms with Crippen molar-refractivity contribution < 1.29 is 13.2 Å². The average molecular weight is 582 g/mol. The SMILES string of the molecule is Cc1c(CC[C@H]2CCC[C@H](c3ccccc3)C2)ncnc1C(=O)N1CCC(N2CCC(N(C)S(C)(=O)=O)CC2)CC1. The molecule has 0 N–H and O–H groups in total. The Bertz CT molecular complexity index is 1270. The predicted molar refractivity (Wildman–Crippen MR) is 162 cm³/mol. The van der Waals surface area contributed by atoms with E-state index in [0.717, 1.165) is 76.0 Å². The van der Waals surface area contributed by atoms with Crippen LogP contribution in [-0.2, 0) is 16.4 Å². The molecule has 2 aliphatic heterocycles. The fraction of sp³-hybridized carbons (Fsp3) is 0.656. The second-order valence-electron chi connectivity index (χ2n) is 12.5. The Morgan fingerprint density at radius 1 is 0.976 bits per heavy atom. The molecule has 1 amide bonds. The number of piperidine rings is 2. The van der Waals surface area contributed by atoms with E-state index in [4.69, 9.17) is 0 Å². The molecule has 0 unspecified atom stereocenters. The Labute approximate surface area is 246 Å². The lowest BCUT2D eigenvalue weighted by molar-refractivity contribution is 0.0542. The first-order chi connectivity index (χ1) is 19.7. The summed E-state index contributed by atoms with van der Waals surface area (Å²) in [6.07, 6.45) is 13.5. The molecule has 2 atom stereocenters. The first-order valence-corrected chi connectivity index (χ1v) is 17.4. The molecule has 2 aromatic rings. The van der Waals surface area contributed by atoms with Gasteiger partial charge in [0, 0.05) is 43.5 Å². The average Bonchev–Trinajstić information content (AvgIpc) is 3.00. The number of hydrogen-bond acceptors (Lipinski definition) is 6. The van der Waals surface area contributed by atoms with Gasteiger partial charge in [0.05, 0.1) is 6.26 Å². The number of benzene rings is 1. The summed E-state index contributed by atoms with van der Waals surface area (Å²) in [5.74, 6) is 1.37. The highest BCUT2D eigenvalue weighted by atomic mass is 32.2. The zero-order valence-corrected chi connectivity index (χ0v) is 25.9. The van der Waals surface area contributed by atoms with Crippen LogP contribution in [0.2, 0.25) is 0 Å². The number of aromatic nitrogens is 2. The van der Waals surface area contributed by atoms with E-state index in [1.165, 1.54) is 41.8 Å². The number of carbonyl (C=O) groups is 1. The number of likely N-dealkylation sites (tertiary alicyclic amines) is 2. The minimum atomic E-state index is -3.16. The van der Waals surface area contributed by atoms with Crippen molar-refractivity contribution in [1.29, 1.82) is 0 Å². The second kappa shape index (κ2) is 13.3. The van der Waals surface area contributed by atoms with Gasteiger partial charge in [-0.1, -0.05) is 43.2 Å². The van der Waals surface area contributed by atoms with Gasteiger partial charge in [0.15, 0.2) is 0 Å². The van der Waals surface area contributed by atoms with Crippen LogP contribution in [0.25, 0.3) is 0 Å². The molecule has 2 saturated heterocycles. The maximum Gasteiger partial charge on any atom is 0.272 e. The summed E-state index contributed by atoms with van der Waals surface area (Å²) in [7, 11) is -1.46. The summed E-state index contributed by atoms with van der Waals surface area (Å²) in [5.41, 5.74) is 3.98. The van der Waals surface area contributed by atoms with Crippen molar-refractivity contribution in [2.75, 3.05) is 39.5 Å². The third kappa shape index (κ3) is 7.35. The summed E-state index contributed by atoms with van der Waals surface area (Å²) in [4.78, 5) is 27.0. The van der Waals surface area contributed by atoms with Crippen molar-refractivity contribution in [2.24, 2.45) is 5.92 Å². The van der Waals surface area contributed by atoms with Crippen molar-refractivity contribution in [3.63, 3.8) is 0 Å². The minimum Gasteiger partial charge on any atom is -0.337 e. The zero-order chi connectivity index (χ0) is 29.0. The van der Waals surface area contributed by atoms with E-state index >= 15 is 0 Å². The number of carbonyl (C=O) groups excluding carboxylic acids is 1. The number of hydrogen-bond donors (Lipinski definition) is 0. The number of sulfonamides is 1. The number of nitrogens with zero attached hydrogens (tertiary/aromatic N) is 5. The van der Waals surface area contributed by atoms with Crippen LogP contribution >= 0.6 is 0 Å². The molecule has 3 fully saturated rings. The van der Waals surface area contributed by atoms with E-state index in [1.54, 1.807) is 13.4 Å². The van der Waals surface area contributed by atoms with Gasteiger partial charge in [-0.25, -0.2) is 22.7 Å². The van der Waals surface area contributed by atoms with Crippen LogP contribution in [0.1, 0.15) is 91.0 Å². The van der Waals surface area contributed by atoms with Crippen LogP contribution in [0.5, 0.6) is 0 Å². The molecule has 5 rings (SSSR count). The molecule has 3 heterocycles. The monoisotopic (exact) mass is 581 g/mol. The van der Waals surface area contributed by atoms with Gasteiger partial charge in [0.2, 0.25) is 10.0 Å². The highest BCUT2D eigenvalue weighted by molar-refractivity contribution is 7.88. The number of amides is 1. The Kier molecular flexibility index (Phi) is 9.77. The van der Waals surface area contributed by atoms with Crippen LogP contribution in [0.4, 0.5) is 0 Å². The van der Waals surface area contributed by atoms with Gasteiger partial charge in [0.1, 0.15) is 12.0 Å². The number of rotatable bonds is 8. The first-order valence-electron chi connectivity index (χ1n) is 15.5. The van der Waals surface area contributed by atoms with E-state index in [0.29, 0.717) is 23.6 Å². The summed E-state index contributed by atoms with van der Waals surface area (Å²) >= 11 is 0.